The average Bonchev–Trinajstić information content (AvgIpc) is 3.37. The molecule has 0 aliphatic carbocycles. The van der Waals surface area contributed by atoms with Crippen LogP contribution in [0, 0.1) is 0 Å². The molecule has 6 nitrogen and oxygen atoms in total. The fraction of sp³-hybridized carbons (Fsp3) is 0.646. The number of unbranched alkanes of at least 4 members (excludes halogenated alkanes) is 20. The molecule has 1 unspecified atom stereocenters. The summed E-state index contributed by atoms with van der Waals surface area (Å²) in [6, 6.07) is 0. The van der Waals surface area contributed by atoms with Crippen molar-refractivity contribution in [2.24, 2.45) is 0 Å². The van der Waals surface area contributed by atoms with Crippen LogP contribution < -0.4 is 0 Å². The lowest BCUT2D eigenvalue weighted by Crippen LogP contribution is -2.30. The van der Waals surface area contributed by atoms with E-state index >= 15 is 0 Å². The van der Waals surface area contributed by atoms with E-state index in [1.165, 1.54) is 77.0 Å². The van der Waals surface area contributed by atoms with E-state index in [2.05, 4.69) is 142 Å². The van der Waals surface area contributed by atoms with Gasteiger partial charge in [-0.1, -0.05) is 258 Å². The summed E-state index contributed by atoms with van der Waals surface area (Å²) in [6.07, 6.45) is 80.9. The van der Waals surface area contributed by atoms with Crippen LogP contribution in [0.2, 0.25) is 0 Å². The van der Waals surface area contributed by atoms with E-state index in [4.69, 9.17) is 14.2 Å². The van der Waals surface area contributed by atoms with Gasteiger partial charge < -0.3 is 14.2 Å². The van der Waals surface area contributed by atoms with Crippen molar-refractivity contribution >= 4 is 17.9 Å². The highest BCUT2D eigenvalue weighted by molar-refractivity contribution is 5.71. The largest absolute Gasteiger partial charge is 0.462 e. The summed E-state index contributed by atoms with van der Waals surface area (Å²) in [7, 11) is 0. The SMILES string of the molecule is CC/C=C\C/C=C\C/C=C\C/C=C\C/C=C\C/C=C\C/C=C\C/C=C\C/C=C\C/C=C\CCCCCCC(=O)OCC(COC(=O)CCCCCCCC)OC(=O)CCCCCCCCCCCCCC. The van der Waals surface area contributed by atoms with Gasteiger partial charge in [0.2, 0.25) is 0 Å². The van der Waals surface area contributed by atoms with Crippen molar-refractivity contribution in [2.75, 3.05) is 13.2 Å². The number of carbonyl (C=O) groups is 3. The van der Waals surface area contributed by atoms with Crippen LogP contribution in [0.5, 0.6) is 0 Å². The van der Waals surface area contributed by atoms with Gasteiger partial charge in [0.15, 0.2) is 6.10 Å². The third kappa shape index (κ3) is 56.6. The minimum atomic E-state index is -0.784. The Morgan fingerprint density at radius 3 is 0.859 bits per heavy atom. The third-order valence-corrected chi connectivity index (χ3v) is 12.0. The van der Waals surface area contributed by atoms with Crippen LogP contribution in [0.3, 0.4) is 0 Å². The van der Waals surface area contributed by atoms with Gasteiger partial charge in [-0.05, 0) is 96.3 Å². The first kappa shape index (κ1) is 66.8. The lowest BCUT2D eigenvalue weighted by atomic mass is 10.0. The van der Waals surface area contributed by atoms with Gasteiger partial charge in [0.05, 0.1) is 0 Å². The van der Waals surface area contributed by atoms with E-state index in [0.717, 1.165) is 135 Å². The molecule has 0 aromatic heterocycles. The molecule has 1 atom stereocenters. The summed E-state index contributed by atoms with van der Waals surface area (Å²) in [5.41, 5.74) is 0. The van der Waals surface area contributed by atoms with Crippen LogP contribution in [0.1, 0.15) is 252 Å². The van der Waals surface area contributed by atoms with Crippen LogP contribution >= 0.6 is 0 Å². The molecule has 6 heteroatoms. The molecular formula is C65H106O6. The minimum absolute atomic E-state index is 0.0857. The summed E-state index contributed by atoms with van der Waals surface area (Å²) < 4.78 is 16.7. The highest BCUT2D eigenvalue weighted by Crippen LogP contribution is 2.14. The van der Waals surface area contributed by atoms with Gasteiger partial charge in [-0.2, -0.15) is 0 Å². The van der Waals surface area contributed by atoms with Crippen LogP contribution in [0.4, 0.5) is 0 Å². The lowest BCUT2D eigenvalue weighted by Gasteiger charge is -2.18. The molecule has 0 heterocycles. The summed E-state index contributed by atoms with van der Waals surface area (Å²) in [4.78, 5) is 37.8. The van der Waals surface area contributed by atoms with Crippen molar-refractivity contribution < 1.29 is 28.6 Å². The lowest BCUT2D eigenvalue weighted by molar-refractivity contribution is -0.167. The molecule has 0 aliphatic rings. The number of rotatable bonds is 51. The second-order valence-corrected chi connectivity index (χ2v) is 18.8. The fourth-order valence-electron chi connectivity index (χ4n) is 7.65. The Balaban J connectivity index is 4.13. The van der Waals surface area contributed by atoms with Gasteiger partial charge in [0.25, 0.3) is 0 Å². The zero-order valence-corrected chi connectivity index (χ0v) is 45.9. The van der Waals surface area contributed by atoms with Crippen LogP contribution in [0.15, 0.2) is 122 Å². The van der Waals surface area contributed by atoms with E-state index < -0.39 is 6.10 Å². The molecular weight excluding hydrogens is 877 g/mol. The van der Waals surface area contributed by atoms with Crippen LogP contribution in [0.25, 0.3) is 0 Å². The Hall–Kier alpha value is -4.19. The molecule has 0 radical (unpaired) electrons. The quantitative estimate of drug-likeness (QED) is 0.0261. The number of ether oxygens (including phenoxy) is 3. The molecule has 0 amide bonds. The fourth-order valence-corrected chi connectivity index (χ4v) is 7.65. The maximum Gasteiger partial charge on any atom is 0.306 e. The topological polar surface area (TPSA) is 78.9 Å². The molecule has 0 aromatic carbocycles. The van der Waals surface area contributed by atoms with Gasteiger partial charge >= 0.3 is 17.9 Å². The first-order valence-electron chi connectivity index (χ1n) is 29.0. The Morgan fingerprint density at radius 1 is 0.296 bits per heavy atom. The number of carbonyl (C=O) groups excluding carboxylic acids is 3. The Morgan fingerprint density at radius 2 is 0.549 bits per heavy atom. The Bertz CT molecular complexity index is 1500. The second-order valence-electron chi connectivity index (χ2n) is 18.8. The van der Waals surface area contributed by atoms with Crippen molar-refractivity contribution in [3.05, 3.63) is 122 Å². The van der Waals surface area contributed by atoms with E-state index in [9.17, 15) is 14.4 Å². The van der Waals surface area contributed by atoms with E-state index in [0.29, 0.717) is 19.3 Å². The Labute approximate surface area is 437 Å². The minimum Gasteiger partial charge on any atom is -0.462 e. The van der Waals surface area contributed by atoms with Crippen LogP contribution in [-0.4, -0.2) is 37.2 Å². The van der Waals surface area contributed by atoms with Crippen molar-refractivity contribution in [2.45, 2.75) is 258 Å². The highest BCUT2D eigenvalue weighted by Gasteiger charge is 2.19. The second kappa shape index (κ2) is 58.4. The van der Waals surface area contributed by atoms with E-state index in [1.54, 1.807) is 0 Å². The average molecular weight is 984 g/mol. The number of hydrogen-bond donors (Lipinski definition) is 0. The third-order valence-electron chi connectivity index (χ3n) is 12.0. The molecule has 0 aliphatic heterocycles. The number of allylic oxidation sites excluding steroid dienone is 20. The van der Waals surface area contributed by atoms with Gasteiger partial charge in [0.1, 0.15) is 13.2 Å². The summed E-state index contributed by atoms with van der Waals surface area (Å²) >= 11 is 0. The predicted octanol–water partition coefficient (Wildman–Crippen LogP) is 19.6. The monoisotopic (exact) mass is 983 g/mol. The molecule has 0 fully saturated rings. The van der Waals surface area contributed by atoms with Crippen LogP contribution in [-0.2, 0) is 28.6 Å². The standard InChI is InChI=1S/C65H106O6/c1-4-7-10-13-16-18-20-22-23-24-25-26-27-28-29-30-31-32-33-34-35-36-37-38-39-40-41-42-43-44-46-47-49-52-55-58-64(67)70-61-62(60-69-63(66)57-54-51-15-12-9-6-3)71-65(68)59-56-53-50-48-45-21-19-17-14-11-8-5-2/h7,10,16,18,22-23,25-26,28-29,31-32,34-35,37-38,40-41,43-44,62H,4-6,8-9,11-15,17,19-21,24,27,30,33,36,39,42,45-61H2,1-3H3/b10-7-,18-16-,23-22-,26-25-,29-28-,32-31-,35-34-,38-37-,41-40-,44-43-. The van der Waals surface area contributed by atoms with E-state index in [-0.39, 0.29) is 31.1 Å². The molecule has 71 heavy (non-hydrogen) atoms. The zero-order chi connectivity index (χ0) is 51.4. The van der Waals surface area contributed by atoms with Gasteiger partial charge in [-0.15, -0.1) is 0 Å². The van der Waals surface area contributed by atoms with Crippen molar-refractivity contribution in [1.29, 1.82) is 0 Å². The summed E-state index contributed by atoms with van der Waals surface area (Å²) in [5, 5.41) is 0. The number of esters is 3. The van der Waals surface area contributed by atoms with Crippen molar-refractivity contribution in [3.8, 4) is 0 Å². The molecule has 0 aromatic rings. The molecule has 0 spiro atoms. The molecule has 0 rings (SSSR count). The normalized spacial score (nSPS) is 13.0. The molecule has 0 saturated heterocycles. The molecule has 402 valence electrons. The maximum atomic E-state index is 12.7. The zero-order valence-electron chi connectivity index (χ0n) is 45.9. The molecule has 0 bridgehead atoms. The van der Waals surface area contributed by atoms with Crippen molar-refractivity contribution in [1.82, 2.24) is 0 Å². The number of hydrogen-bond acceptors (Lipinski definition) is 6. The predicted molar refractivity (Wildman–Crippen MR) is 306 cm³/mol. The molecule has 0 saturated carbocycles. The van der Waals surface area contributed by atoms with Gasteiger partial charge in [0, 0.05) is 19.3 Å². The van der Waals surface area contributed by atoms with Gasteiger partial charge in [-0.25, -0.2) is 0 Å². The highest BCUT2D eigenvalue weighted by atomic mass is 16.6. The van der Waals surface area contributed by atoms with E-state index in [1.807, 2.05) is 0 Å². The molecule has 0 N–H and O–H groups in total. The summed E-state index contributed by atoms with van der Waals surface area (Å²) in [5.74, 6) is -0.924. The first-order valence-corrected chi connectivity index (χ1v) is 29.0. The van der Waals surface area contributed by atoms with Crippen molar-refractivity contribution in [3.63, 3.8) is 0 Å². The Kier molecular flexibility index (Phi) is 54.9. The van der Waals surface area contributed by atoms with Gasteiger partial charge in [-0.3, -0.25) is 14.4 Å². The first-order chi connectivity index (χ1) is 35.0. The smallest absolute Gasteiger partial charge is 0.306 e. The maximum absolute atomic E-state index is 12.7. The summed E-state index contributed by atoms with van der Waals surface area (Å²) in [6.45, 7) is 6.43.